The average molecular weight is 497 g/mol. The van der Waals surface area contributed by atoms with Gasteiger partial charge in [0.2, 0.25) is 0 Å². The Labute approximate surface area is 212 Å². The quantitative estimate of drug-likeness (QED) is 0.261. The van der Waals surface area contributed by atoms with Gasteiger partial charge in [0, 0.05) is 22.6 Å². The molecule has 0 bridgehead atoms. The second-order valence-corrected chi connectivity index (χ2v) is 9.68. The third-order valence-electron chi connectivity index (χ3n) is 6.90. The maximum atomic E-state index is 15.0. The summed E-state index contributed by atoms with van der Waals surface area (Å²) in [6.45, 7) is 5.47. The van der Waals surface area contributed by atoms with Crippen LogP contribution in [0.5, 0.6) is 0 Å². The van der Waals surface area contributed by atoms with E-state index < -0.39 is 17.9 Å². The van der Waals surface area contributed by atoms with Crippen molar-refractivity contribution in [3.63, 3.8) is 0 Å². The van der Waals surface area contributed by atoms with Gasteiger partial charge in [-0.15, -0.1) is 0 Å². The van der Waals surface area contributed by atoms with Gasteiger partial charge >= 0.3 is 0 Å². The SMILES string of the molecule is CCCCCCc1ccc(-c2ccc(-c3ccc(C4OCC(CCC)CO4)cc3F)cc2)c(F)c1F. The Morgan fingerprint density at radius 1 is 0.722 bits per heavy atom. The highest BCUT2D eigenvalue weighted by Gasteiger charge is 2.24. The predicted octanol–water partition coefficient (Wildman–Crippen LogP) is 9.02. The fraction of sp³-hybridized carbons (Fsp3) is 0.419. The van der Waals surface area contributed by atoms with Crippen molar-refractivity contribution in [3.05, 3.63) is 83.2 Å². The lowest BCUT2D eigenvalue weighted by Gasteiger charge is -2.29. The van der Waals surface area contributed by atoms with Gasteiger partial charge < -0.3 is 9.47 Å². The van der Waals surface area contributed by atoms with Gasteiger partial charge in [-0.05, 0) is 42.0 Å². The summed E-state index contributed by atoms with van der Waals surface area (Å²) in [6.07, 6.45) is 6.16. The van der Waals surface area contributed by atoms with Crippen LogP contribution < -0.4 is 0 Å². The Balaban J connectivity index is 1.45. The van der Waals surface area contributed by atoms with Crippen molar-refractivity contribution in [1.82, 2.24) is 0 Å². The van der Waals surface area contributed by atoms with Gasteiger partial charge in [-0.2, -0.15) is 0 Å². The molecule has 3 aromatic carbocycles. The van der Waals surface area contributed by atoms with Crippen LogP contribution in [0.15, 0.2) is 54.6 Å². The Morgan fingerprint density at radius 3 is 2.03 bits per heavy atom. The summed E-state index contributed by atoms with van der Waals surface area (Å²) in [4.78, 5) is 0. The molecule has 1 aliphatic rings. The van der Waals surface area contributed by atoms with Crippen LogP contribution in [0.2, 0.25) is 0 Å². The molecule has 0 amide bonds. The molecule has 0 radical (unpaired) electrons. The summed E-state index contributed by atoms with van der Waals surface area (Å²) in [6, 6.07) is 15.1. The summed E-state index contributed by atoms with van der Waals surface area (Å²) in [5.41, 5.74) is 2.91. The standard InChI is InChI=1S/C31H35F3O2/c1-3-5-6-7-9-24-14-17-27(30(34)29(24)33)23-12-10-22(11-13-23)26-16-15-25(18-28(26)32)31-35-19-21(8-4-2)20-36-31/h10-18,21,31H,3-9,19-20H2,1-2H3. The molecule has 1 saturated heterocycles. The fourth-order valence-electron chi connectivity index (χ4n) is 4.80. The van der Waals surface area contributed by atoms with Crippen LogP contribution in [-0.2, 0) is 15.9 Å². The van der Waals surface area contributed by atoms with Crippen molar-refractivity contribution in [3.8, 4) is 22.3 Å². The maximum Gasteiger partial charge on any atom is 0.183 e. The Bertz CT molecular complexity index is 1140. The van der Waals surface area contributed by atoms with Crippen LogP contribution in [0.1, 0.15) is 69.8 Å². The lowest BCUT2D eigenvalue weighted by molar-refractivity contribution is -0.206. The average Bonchev–Trinajstić information content (AvgIpc) is 2.90. The highest BCUT2D eigenvalue weighted by atomic mass is 19.2. The molecule has 5 heteroatoms. The van der Waals surface area contributed by atoms with E-state index in [0.717, 1.165) is 38.5 Å². The first-order chi connectivity index (χ1) is 17.5. The van der Waals surface area contributed by atoms with Crippen molar-refractivity contribution in [2.75, 3.05) is 13.2 Å². The zero-order valence-corrected chi connectivity index (χ0v) is 21.2. The van der Waals surface area contributed by atoms with E-state index in [4.69, 9.17) is 9.47 Å². The molecular weight excluding hydrogens is 461 g/mol. The van der Waals surface area contributed by atoms with Crippen LogP contribution in [0.3, 0.4) is 0 Å². The minimum Gasteiger partial charge on any atom is -0.348 e. The molecule has 0 spiro atoms. The topological polar surface area (TPSA) is 18.5 Å². The summed E-state index contributed by atoms with van der Waals surface area (Å²) in [7, 11) is 0. The van der Waals surface area contributed by atoms with E-state index in [1.165, 1.54) is 6.07 Å². The second kappa shape index (κ2) is 12.6. The lowest BCUT2D eigenvalue weighted by atomic mass is 9.97. The highest BCUT2D eigenvalue weighted by Crippen LogP contribution is 2.33. The molecular formula is C31H35F3O2. The van der Waals surface area contributed by atoms with E-state index in [-0.39, 0.29) is 11.4 Å². The largest absolute Gasteiger partial charge is 0.348 e. The maximum absolute atomic E-state index is 15.0. The van der Waals surface area contributed by atoms with Gasteiger partial charge in [0.15, 0.2) is 17.9 Å². The summed E-state index contributed by atoms with van der Waals surface area (Å²) < 4.78 is 56.1. The van der Waals surface area contributed by atoms with Gasteiger partial charge in [-0.3, -0.25) is 0 Å². The van der Waals surface area contributed by atoms with E-state index in [1.807, 2.05) is 6.07 Å². The monoisotopic (exact) mass is 496 g/mol. The molecule has 4 rings (SSSR count). The summed E-state index contributed by atoms with van der Waals surface area (Å²) in [5.74, 6) is -1.61. The molecule has 36 heavy (non-hydrogen) atoms. The number of ether oxygens (including phenoxy) is 2. The Kier molecular flexibility index (Phi) is 9.22. The second-order valence-electron chi connectivity index (χ2n) is 9.68. The van der Waals surface area contributed by atoms with Gasteiger partial charge in [0.1, 0.15) is 5.82 Å². The van der Waals surface area contributed by atoms with Gasteiger partial charge in [-0.1, -0.05) is 88.1 Å². The van der Waals surface area contributed by atoms with Crippen molar-refractivity contribution >= 4 is 0 Å². The number of benzene rings is 3. The molecule has 0 atom stereocenters. The number of hydrogen-bond acceptors (Lipinski definition) is 2. The third kappa shape index (κ3) is 6.19. The molecule has 0 saturated carbocycles. The van der Waals surface area contributed by atoms with E-state index in [2.05, 4.69) is 13.8 Å². The van der Waals surface area contributed by atoms with Crippen LogP contribution in [0, 0.1) is 23.4 Å². The minimum absolute atomic E-state index is 0.208. The third-order valence-corrected chi connectivity index (χ3v) is 6.90. The van der Waals surface area contributed by atoms with E-state index in [9.17, 15) is 8.78 Å². The number of rotatable bonds is 10. The van der Waals surface area contributed by atoms with Crippen molar-refractivity contribution in [1.29, 1.82) is 0 Å². The number of unbranched alkanes of at least 4 members (excludes halogenated alkanes) is 3. The lowest BCUT2D eigenvalue weighted by Crippen LogP contribution is -2.27. The first-order valence-electron chi connectivity index (χ1n) is 13.1. The molecule has 0 N–H and O–H groups in total. The first kappa shape index (κ1) is 26.4. The normalized spacial score (nSPS) is 17.9. The smallest absolute Gasteiger partial charge is 0.183 e. The van der Waals surface area contributed by atoms with E-state index >= 15 is 4.39 Å². The molecule has 0 aromatic heterocycles. The van der Waals surface area contributed by atoms with Gasteiger partial charge in [0.05, 0.1) is 13.2 Å². The van der Waals surface area contributed by atoms with Crippen molar-refractivity contribution in [2.24, 2.45) is 5.92 Å². The Morgan fingerprint density at radius 2 is 1.39 bits per heavy atom. The molecule has 1 aliphatic heterocycles. The summed E-state index contributed by atoms with van der Waals surface area (Å²) in [5, 5.41) is 0. The molecule has 2 nitrogen and oxygen atoms in total. The molecule has 1 fully saturated rings. The van der Waals surface area contributed by atoms with Crippen molar-refractivity contribution in [2.45, 2.75) is 65.1 Å². The highest BCUT2D eigenvalue weighted by molar-refractivity contribution is 5.71. The Hall–Kier alpha value is -2.63. The summed E-state index contributed by atoms with van der Waals surface area (Å²) >= 11 is 0. The van der Waals surface area contributed by atoms with Crippen LogP contribution in [0.4, 0.5) is 13.2 Å². The number of halogens is 3. The molecule has 0 aliphatic carbocycles. The molecule has 3 aromatic rings. The number of hydrogen-bond donors (Lipinski definition) is 0. The molecule has 0 unspecified atom stereocenters. The fourth-order valence-corrected chi connectivity index (χ4v) is 4.80. The van der Waals surface area contributed by atoms with Gasteiger partial charge in [0.25, 0.3) is 0 Å². The van der Waals surface area contributed by atoms with Crippen LogP contribution in [-0.4, -0.2) is 13.2 Å². The zero-order valence-electron chi connectivity index (χ0n) is 21.2. The first-order valence-corrected chi connectivity index (χ1v) is 13.1. The zero-order chi connectivity index (χ0) is 25.5. The van der Waals surface area contributed by atoms with E-state index in [0.29, 0.717) is 53.4 Å². The predicted molar refractivity (Wildman–Crippen MR) is 138 cm³/mol. The number of aryl methyl sites for hydroxylation is 1. The molecule has 192 valence electrons. The van der Waals surface area contributed by atoms with Crippen molar-refractivity contribution < 1.29 is 22.6 Å². The van der Waals surface area contributed by atoms with E-state index in [1.54, 1.807) is 42.5 Å². The van der Waals surface area contributed by atoms with Gasteiger partial charge in [-0.25, -0.2) is 13.2 Å². The molecule has 1 heterocycles. The van der Waals surface area contributed by atoms with Crippen LogP contribution in [0.25, 0.3) is 22.3 Å². The van der Waals surface area contributed by atoms with Crippen LogP contribution >= 0.6 is 0 Å². The minimum atomic E-state index is -0.833.